The molecule has 106 valence electrons. The molecule has 0 aliphatic heterocycles. The fourth-order valence-corrected chi connectivity index (χ4v) is 1.83. The van der Waals surface area contributed by atoms with Crippen molar-refractivity contribution in [3.05, 3.63) is 35.4 Å². The highest BCUT2D eigenvalue weighted by atomic mass is 19.1. The van der Waals surface area contributed by atoms with Crippen molar-refractivity contribution in [1.29, 1.82) is 0 Å². The predicted octanol–water partition coefficient (Wildman–Crippen LogP) is 2.00. The lowest BCUT2D eigenvalue weighted by molar-refractivity contribution is -0.122. The molecule has 3 nitrogen and oxygen atoms in total. The first kappa shape index (κ1) is 15.6. The molecule has 0 aromatic heterocycles. The van der Waals surface area contributed by atoms with Crippen molar-refractivity contribution in [2.24, 2.45) is 11.7 Å². The minimum absolute atomic E-state index is 0.231. The fourth-order valence-electron chi connectivity index (χ4n) is 1.83. The molecule has 1 amide bonds. The third-order valence-corrected chi connectivity index (χ3v) is 2.70. The first-order valence-corrected chi connectivity index (χ1v) is 6.36. The average Bonchev–Trinajstić information content (AvgIpc) is 2.26. The van der Waals surface area contributed by atoms with Crippen LogP contribution >= 0.6 is 0 Å². The van der Waals surface area contributed by atoms with Gasteiger partial charge in [-0.2, -0.15) is 0 Å². The number of rotatable bonds is 6. The molecule has 0 heterocycles. The van der Waals surface area contributed by atoms with E-state index in [1.807, 2.05) is 13.8 Å². The standard InChI is InChI=1S/C14H20F2N2O/c1-9(2)5-13(17)14(19)18-4-3-10-6-11(15)8-12(16)7-10/h6-9,13H,3-5,17H2,1-2H3,(H,18,19). The molecule has 0 aliphatic carbocycles. The van der Waals surface area contributed by atoms with Crippen molar-refractivity contribution in [2.75, 3.05) is 6.54 Å². The number of nitrogens with one attached hydrogen (secondary N) is 1. The Balaban J connectivity index is 2.39. The first-order valence-electron chi connectivity index (χ1n) is 6.36. The van der Waals surface area contributed by atoms with Gasteiger partial charge >= 0.3 is 0 Å². The van der Waals surface area contributed by atoms with Gasteiger partial charge in [0.1, 0.15) is 11.6 Å². The molecular weight excluding hydrogens is 250 g/mol. The van der Waals surface area contributed by atoms with Crippen LogP contribution in [-0.4, -0.2) is 18.5 Å². The van der Waals surface area contributed by atoms with Crippen LogP contribution in [0.1, 0.15) is 25.8 Å². The van der Waals surface area contributed by atoms with E-state index in [2.05, 4.69) is 5.32 Å². The van der Waals surface area contributed by atoms with E-state index < -0.39 is 17.7 Å². The second kappa shape index (κ2) is 7.19. The molecule has 0 saturated heterocycles. The van der Waals surface area contributed by atoms with Crippen LogP contribution in [0.5, 0.6) is 0 Å². The summed E-state index contributed by atoms with van der Waals surface area (Å²) in [6.45, 7) is 4.29. The number of hydrogen-bond acceptors (Lipinski definition) is 2. The summed E-state index contributed by atoms with van der Waals surface area (Å²) in [6.07, 6.45) is 0.981. The van der Waals surface area contributed by atoms with Gasteiger partial charge in [-0.1, -0.05) is 13.8 Å². The highest BCUT2D eigenvalue weighted by molar-refractivity contribution is 5.81. The van der Waals surface area contributed by atoms with E-state index in [1.54, 1.807) is 0 Å². The summed E-state index contributed by atoms with van der Waals surface area (Å²) >= 11 is 0. The topological polar surface area (TPSA) is 55.1 Å². The number of halogens is 2. The first-order chi connectivity index (χ1) is 8.88. The van der Waals surface area contributed by atoms with Crippen LogP contribution in [0.25, 0.3) is 0 Å². The van der Waals surface area contributed by atoms with Crippen molar-refractivity contribution >= 4 is 5.91 Å². The molecule has 0 aliphatic rings. The lowest BCUT2D eigenvalue weighted by Gasteiger charge is -2.14. The summed E-state index contributed by atoms with van der Waals surface area (Å²) in [5, 5.41) is 2.67. The lowest BCUT2D eigenvalue weighted by atomic mass is 10.0. The largest absolute Gasteiger partial charge is 0.354 e. The maximum atomic E-state index is 12.9. The smallest absolute Gasteiger partial charge is 0.236 e. The van der Waals surface area contributed by atoms with E-state index in [0.717, 1.165) is 6.07 Å². The van der Waals surface area contributed by atoms with Gasteiger partial charge in [-0.15, -0.1) is 0 Å². The molecule has 19 heavy (non-hydrogen) atoms. The number of carbonyl (C=O) groups is 1. The molecule has 0 saturated carbocycles. The Bertz CT molecular complexity index is 415. The van der Waals surface area contributed by atoms with E-state index in [-0.39, 0.29) is 5.91 Å². The third-order valence-electron chi connectivity index (χ3n) is 2.70. The molecule has 0 bridgehead atoms. The quantitative estimate of drug-likeness (QED) is 0.830. The average molecular weight is 270 g/mol. The van der Waals surface area contributed by atoms with Gasteiger partial charge in [-0.3, -0.25) is 4.79 Å². The SMILES string of the molecule is CC(C)CC(N)C(=O)NCCc1cc(F)cc(F)c1. The Morgan fingerprint density at radius 2 is 1.84 bits per heavy atom. The van der Waals surface area contributed by atoms with E-state index in [4.69, 9.17) is 5.73 Å². The maximum absolute atomic E-state index is 12.9. The van der Waals surface area contributed by atoms with Crippen LogP contribution in [0.15, 0.2) is 18.2 Å². The van der Waals surface area contributed by atoms with E-state index >= 15 is 0 Å². The second-order valence-corrected chi connectivity index (χ2v) is 5.05. The fraction of sp³-hybridized carbons (Fsp3) is 0.500. The highest BCUT2D eigenvalue weighted by Gasteiger charge is 2.14. The summed E-state index contributed by atoms with van der Waals surface area (Å²) in [5.41, 5.74) is 6.22. The number of amides is 1. The molecule has 1 atom stereocenters. The van der Waals surface area contributed by atoms with Crippen LogP contribution < -0.4 is 11.1 Å². The number of carbonyl (C=O) groups excluding carboxylic acids is 1. The monoisotopic (exact) mass is 270 g/mol. The molecule has 1 unspecified atom stereocenters. The van der Waals surface area contributed by atoms with Gasteiger partial charge in [-0.25, -0.2) is 8.78 Å². The van der Waals surface area contributed by atoms with Gasteiger partial charge < -0.3 is 11.1 Å². The summed E-state index contributed by atoms with van der Waals surface area (Å²) in [6, 6.07) is 2.79. The van der Waals surface area contributed by atoms with E-state index in [0.29, 0.717) is 30.9 Å². The maximum Gasteiger partial charge on any atom is 0.236 e. The van der Waals surface area contributed by atoms with Gasteiger partial charge in [-0.05, 0) is 36.5 Å². The Morgan fingerprint density at radius 1 is 1.26 bits per heavy atom. The van der Waals surface area contributed by atoms with Crippen molar-refractivity contribution < 1.29 is 13.6 Å². The molecule has 0 spiro atoms. The van der Waals surface area contributed by atoms with Crippen LogP contribution in [0.3, 0.4) is 0 Å². The highest BCUT2D eigenvalue weighted by Crippen LogP contribution is 2.08. The van der Waals surface area contributed by atoms with Crippen LogP contribution in [0.2, 0.25) is 0 Å². The summed E-state index contributed by atoms with van der Waals surface area (Å²) in [7, 11) is 0. The molecule has 1 aromatic carbocycles. The van der Waals surface area contributed by atoms with Crippen molar-refractivity contribution in [1.82, 2.24) is 5.32 Å². The molecule has 5 heteroatoms. The Kier molecular flexibility index (Phi) is 5.89. The Labute approximate surface area is 112 Å². The molecule has 1 aromatic rings. The molecule has 1 rings (SSSR count). The van der Waals surface area contributed by atoms with Gasteiger partial charge in [0.2, 0.25) is 5.91 Å². The summed E-state index contributed by atoms with van der Waals surface area (Å²) in [4.78, 5) is 11.6. The zero-order chi connectivity index (χ0) is 14.4. The second-order valence-electron chi connectivity index (χ2n) is 5.05. The summed E-state index contributed by atoms with van der Waals surface area (Å²) in [5.74, 6) is -1.11. The minimum Gasteiger partial charge on any atom is -0.354 e. The molecule has 0 fully saturated rings. The number of hydrogen-bond donors (Lipinski definition) is 2. The number of nitrogens with two attached hydrogens (primary N) is 1. The van der Waals surface area contributed by atoms with Crippen LogP contribution in [-0.2, 0) is 11.2 Å². The summed E-state index contributed by atoms with van der Waals surface area (Å²) < 4.78 is 25.9. The zero-order valence-electron chi connectivity index (χ0n) is 11.2. The van der Waals surface area contributed by atoms with Crippen LogP contribution in [0.4, 0.5) is 8.78 Å². The van der Waals surface area contributed by atoms with E-state index in [9.17, 15) is 13.6 Å². The zero-order valence-corrected chi connectivity index (χ0v) is 11.2. The molecule has 0 radical (unpaired) electrons. The molecular formula is C14H20F2N2O. The predicted molar refractivity (Wildman–Crippen MR) is 70.5 cm³/mol. The van der Waals surface area contributed by atoms with Gasteiger partial charge in [0, 0.05) is 12.6 Å². The van der Waals surface area contributed by atoms with Crippen LogP contribution in [0, 0.1) is 17.6 Å². The minimum atomic E-state index is -0.613. The van der Waals surface area contributed by atoms with Gasteiger partial charge in [0.25, 0.3) is 0 Å². The van der Waals surface area contributed by atoms with Crippen molar-refractivity contribution in [2.45, 2.75) is 32.7 Å². The Hall–Kier alpha value is -1.49. The molecule has 3 N–H and O–H groups in total. The van der Waals surface area contributed by atoms with E-state index in [1.165, 1.54) is 12.1 Å². The normalized spacial score (nSPS) is 12.5. The third kappa shape index (κ3) is 5.79. The lowest BCUT2D eigenvalue weighted by Crippen LogP contribution is -2.42. The van der Waals surface area contributed by atoms with Crippen molar-refractivity contribution in [3.63, 3.8) is 0 Å². The Morgan fingerprint density at radius 3 is 2.37 bits per heavy atom. The van der Waals surface area contributed by atoms with Crippen molar-refractivity contribution in [3.8, 4) is 0 Å². The van der Waals surface area contributed by atoms with Gasteiger partial charge in [0.15, 0.2) is 0 Å². The number of benzene rings is 1. The van der Waals surface area contributed by atoms with Gasteiger partial charge in [0.05, 0.1) is 6.04 Å².